The number of carbonyl (C=O) groups is 1. The lowest BCUT2D eigenvalue weighted by molar-refractivity contribution is -0.130. The number of ether oxygens (including phenoxy) is 1. The van der Waals surface area contributed by atoms with Crippen LogP contribution in [0.5, 0.6) is 11.6 Å². The molecule has 2 bridgehead atoms. The van der Waals surface area contributed by atoms with Gasteiger partial charge in [-0.2, -0.15) is 0 Å². The fourth-order valence-corrected chi connectivity index (χ4v) is 4.62. The average Bonchev–Trinajstić information content (AvgIpc) is 3.22. The molecule has 3 aromatic rings. The second kappa shape index (κ2) is 12.5. The zero-order valence-corrected chi connectivity index (χ0v) is 22.0. The second-order valence-corrected chi connectivity index (χ2v) is 9.59. The number of benzene rings is 1. The van der Waals surface area contributed by atoms with Gasteiger partial charge in [0.1, 0.15) is 23.5 Å². The molecule has 1 aliphatic rings. The molecular formula is C27H37N7O3. The Hall–Kier alpha value is -3.66. The van der Waals surface area contributed by atoms with E-state index in [9.17, 15) is 9.90 Å². The lowest BCUT2D eigenvalue weighted by Crippen LogP contribution is -2.28. The number of hydrogen-bond donors (Lipinski definition) is 3. The molecule has 0 aliphatic carbocycles. The molecule has 0 saturated carbocycles. The number of aliphatic imine (C=N–C) groups is 1. The number of nitrogens with one attached hydrogen (secondary N) is 2. The minimum absolute atomic E-state index is 0.0180. The maximum absolute atomic E-state index is 12.5. The van der Waals surface area contributed by atoms with Crippen LogP contribution in [0.15, 0.2) is 29.5 Å². The monoisotopic (exact) mass is 507 g/mol. The van der Waals surface area contributed by atoms with E-state index in [2.05, 4.69) is 37.2 Å². The van der Waals surface area contributed by atoms with Gasteiger partial charge >= 0.3 is 0 Å². The molecule has 4 rings (SSSR count). The zero-order chi connectivity index (χ0) is 26.2. The number of aromatic hydroxyl groups is 1. The van der Waals surface area contributed by atoms with Crippen LogP contribution in [0.25, 0.3) is 11.0 Å². The number of fused-ring (bicyclic) bond motifs is 2. The van der Waals surface area contributed by atoms with Gasteiger partial charge in [0, 0.05) is 44.9 Å². The van der Waals surface area contributed by atoms with E-state index < -0.39 is 0 Å². The largest absolute Gasteiger partial charge is 0.496 e. The number of H-pyrrole nitrogens is 1. The molecule has 1 aliphatic heterocycles. The van der Waals surface area contributed by atoms with E-state index in [0.29, 0.717) is 41.9 Å². The van der Waals surface area contributed by atoms with Gasteiger partial charge in [-0.3, -0.25) is 9.79 Å². The molecule has 0 unspecified atom stereocenters. The van der Waals surface area contributed by atoms with Gasteiger partial charge in [-0.15, -0.1) is 0 Å². The van der Waals surface area contributed by atoms with Gasteiger partial charge in [-0.25, -0.2) is 9.97 Å². The summed E-state index contributed by atoms with van der Waals surface area (Å²) in [5.74, 6) is 1.59. The third-order valence-corrected chi connectivity index (χ3v) is 6.72. The first-order valence-corrected chi connectivity index (χ1v) is 12.9. The number of rotatable bonds is 1. The summed E-state index contributed by atoms with van der Waals surface area (Å²) >= 11 is 0. The minimum atomic E-state index is -0.0180. The van der Waals surface area contributed by atoms with E-state index in [1.54, 1.807) is 18.2 Å². The van der Waals surface area contributed by atoms with Crippen LogP contribution in [0, 0.1) is 0 Å². The third-order valence-electron chi connectivity index (χ3n) is 6.72. The van der Waals surface area contributed by atoms with Crippen LogP contribution < -0.4 is 10.1 Å². The minimum Gasteiger partial charge on any atom is -0.496 e. The summed E-state index contributed by atoms with van der Waals surface area (Å²) in [6, 6.07) is 5.84. The molecule has 1 amide bonds. The van der Waals surface area contributed by atoms with Crippen molar-refractivity contribution in [3.63, 3.8) is 0 Å². The lowest BCUT2D eigenvalue weighted by atomic mass is 10.1. The lowest BCUT2D eigenvalue weighted by Gasteiger charge is -2.19. The molecule has 10 nitrogen and oxygen atoms in total. The van der Waals surface area contributed by atoms with Gasteiger partial charge in [0.05, 0.1) is 23.7 Å². The molecule has 10 heteroatoms. The number of aromatic amines is 1. The molecule has 3 heterocycles. The number of anilines is 1. The Balaban J connectivity index is 1.63. The van der Waals surface area contributed by atoms with E-state index in [1.165, 1.54) is 6.33 Å². The van der Waals surface area contributed by atoms with Gasteiger partial charge < -0.3 is 29.9 Å². The quantitative estimate of drug-likeness (QED) is 0.454. The highest BCUT2D eigenvalue weighted by atomic mass is 16.5. The highest BCUT2D eigenvalue weighted by Gasteiger charge is 2.16. The number of carbonyl (C=O) groups excluding carboxylic acids is 1. The number of amides is 1. The Morgan fingerprint density at radius 1 is 1.05 bits per heavy atom. The van der Waals surface area contributed by atoms with Crippen LogP contribution >= 0.6 is 0 Å². The van der Waals surface area contributed by atoms with E-state index in [-0.39, 0.29) is 11.8 Å². The molecule has 198 valence electrons. The Morgan fingerprint density at radius 3 is 2.73 bits per heavy atom. The van der Waals surface area contributed by atoms with Crippen molar-refractivity contribution < 1.29 is 14.6 Å². The Labute approximate surface area is 217 Å². The Morgan fingerprint density at radius 2 is 1.89 bits per heavy atom. The summed E-state index contributed by atoms with van der Waals surface area (Å²) in [5.41, 5.74) is 2.85. The van der Waals surface area contributed by atoms with Crippen LogP contribution in [0.3, 0.4) is 0 Å². The summed E-state index contributed by atoms with van der Waals surface area (Å²) in [5, 5.41) is 14.6. The fourth-order valence-electron chi connectivity index (χ4n) is 4.62. The highest BCUT2D eigenvalue weighted by molar-refractivity contribution is 6.06. The van der Waals surface area contributed by atoms with Crippen molar-refractivity contribution >= 4 is 34.7 Å². The SMILES string of the molecule is COc1ccc2cc1CN(C)CCCCCCC(=O)N(C)CCCNc1ncnc3[nH]c(O)c(c13)C=N2. The van der Waals surface area contributed by atoms with Crippen LogP contribution in [0.2, 0.25) is 0 Å². The van der Waals surface area contributed by atoms with Crippen LogP contribution in [-0.4, -0.2) is 82.8 Å². The number of hydrogen-bond acceptors (Lipinski definition) is 8. The molecule has 2 aromatic heterocycles. The maximum atomic E-state index is 12.5. The van der Waals surface area contributed by atoms with E-state index >= 15 is 0 Å². The molecule has 0 fully saturated rings. The van der Waals surface area contributed by atoms with Crippen molar-refractivity contribution in [1.29, 1.82) is 0 Å². The highest BCUT2D eigenvalue weighted by Crippen LogP contribution is 2.31. The number of nitrogens with zero attached hydrogens (tertiary/aromatic N) is 5. The van der Waals surface area contributed by atoms with Crippen molar-refractivity contribution in [2.24, 2.45) is 4.99 Å². The average molecular weight is 508 g/mol. The maximum Gasteiger partial charge on any atom is 0.222 e. The van der Waals surface area contributed by atoms with Crippen molar-refractivity contribution in [2.45, 2.75) is 45.1 Å². The first-order valence-electron chi connectivity index (χ1n) is 12.9. The third kappa shape index (κ3) is 6.76. The van der Waals surface area contributed by atoms with Crippen molar-refractivity contribution in [2.75, 3.05) is 46.2 Å². The van der Waals surface area contributed by atoms with E-state index in [4.69, 9.17) is 4.74 Å². The molecule has 1 aromatic carbocycles. The molecular weight excluding hydrogens is 470 g/mol. The van der Waals surface area contributed by atoms with Gasteiger partial charge in [0.2, 0.25) is 5.91 Å². The van der Waals surface area contributed by atoms with Gasteiger partial charge in [0.15, 0.2) is 5.88 Å². The van der Waals surface area contributed by atoms with Gasteiger partial charge in [-0.1, -0.05) is 12.8 Å². The van der Waals surface area contributed by atoms with Crippen molar-refractivity contribution in [1.82, 2.24) is 24.8 Å². The molecule has 0 saturated heterocycles. The standard InChI is InChI=1S/C27H37N7O3/c1-33-13-7-5-4-6-9-23(35)34(2)14-8-12-28-25-24-21(27(36)32-26(24)31-18-30-25)16-29-20-10-11-22(37-3)19(15-20)17-33/h10-11,15-16,18,36H,4-9,12-14,17H2,1-3H3,(H2,28,30,31,32). The number of aromatic nitrogens is 3. The van der Waals surface area contributed by atoms with Gasteiger partial charge in [0.25, 0.3) is 0 Å². The van der Waals surface area contributed by atoms with Crippen molar-refractivity contribution in [3.05, 3.63) is 35.7 Å². The molecule has 37 heavy (non-hydrogen) atoms. The zero-order valence-electron chi connectivity index (χ0n) is 22.0. The predicted molar refractivity (Wildman–Crippen MR) is 146 cm³/mol. The summed E-state index contributed by atoms with van der Waals surface area (Å²) in [7, 11) is 5.64. The van der Waals surface area contributed by atoms with Crippen LogP contribution in [0.4, 0.5) is 11.5 Å². The normalized spacial score (nSPS) is 17.2. The second-order valence-electron chi connectivity index (χ2n) is 9.59. The van der Waals surface area contributed by atoms with Crippen LogP contribution in [-0.2, 0) is 11.3 Å². The summed E-state index contributed by atoms with van der Waals surface area (Å²) in [6.45, 7) is 2.98. The first kappa shape index (κ1) is 26.4. The summed E-state index contributed by atoms with van der Waals surface area (Å²) in [4.78, 5) is 32.8. The molecule has 0 radical (unpaired) electrons. The van der Waals surface area contributed by atoms with Crippen LogP contribution in [0.1, 0.15) is 49.7 Å². The molecule has 0 atom stereocenters. The molecule has 3 N–H and O–H groups in total. The smallest absolute Gasteiger partial charge is 0.222 e. The van der Waals surface area contributed by atoms with Gasteiger partial charge in [-0.05, 0) is 51.1 Å². The fraction of sp³-hybridized carbons (Fsp3) is 0.481. The summed E-state index contributed by atoms with van der Waals surface area (Å²) < 4.78 is 5.59. The number of methoxy groups -OCH3 is 1. The summed E-state index contributed by atoms with van der Waals surface area (Å²) in [6.07, 6.45) is 8.59. The van der Waals surface area contributed by atoms with Crippen molar-refractivity contribution in [3.8, 4) is 11.6 Å². The first-order chi connectivity index (χ1) is 18.0. The Kier molecular flexibility index (Phi) is 8.95. The predicted octanol–water partition coefficient (Wildman–Crippen LogP) is 4.08. The van der Waals surface area contributed by atoms with E-state index in [1.807, 2.05) is 25.2 Å². The topological polar surface area (TPSA) is 119 Å². The van der Waals surface area contributed by atoms with E-state index in [0.717, 1.165) is 62.2 Å². The Bertz CT molecular complexity index is 1240. The molecule has 0 spiro atoms.